The van der Waals surface area contributed by atoms with E-state index in [9.17, 15) is 24.8 Å². The molecule has 0 spiro atoms. The van der Waals surface area contributed by atoms with E-state index in [2.05, 4.69) is 8.75 Å². The fourth-order valence-corrected chi connectivity index (χ4v) is 4.43. The fraction of sp³-hybridized carbons (Fsp3) is 0.0833. The third kappa shape index (κ3) is 4.87. The summed E-state index contributed by atoms with van der Waals surface area (Å²) >= 11 is 2.55. The molecule has 0 fully saturated rings. The molecule has 1 heterocycles. The molecule has 3 aromatic carbocycles. The van der Waals surface area contributed by atoms with Gasteiger partial charge in [-0.3, -0.25) is 14.9 Å². The van der Waals surface area contributed by atoms with Crippen molar-refractivity contribution in [1.82, 2.24) is 8.75 Å². The molecule has 1 N–H and O–H groups in total. The van der Waals surface area contributed by atoms with Crippen molar-refractivity contribution in [2.45, 2.75) is 11.3 Å². The van der Waals surface area contributed by atoms with E-state index in [0.717, 1.165) is 16.6 Å². The van der Waals surface area contributed by atoms with E-state index in [0.29, 0.717) is 27.7 Å². The molecule has 0 radical (unpaired) electrons. The van der Waals surface area contributed by atoms with Gasteiger partial charge in [0.25, 0.3) is 5.69 Å². The molecule has 0 bridgehead atoms. The first-order valence-corrected chi connectivity index (χ1v) is 11.9. The summed E-state index contributed by atoms with van der Waals surface area (Å²) in [7, 11) is 0. The van der Waals surface area contributed by atoms with E-state index < -0.39 is 16.7 Å². The number of nitro groups is 1. The smallest absolute Gasteiger partial charge is 0.336 e. The van der Waals surface area contributed by atoms with Crippen molar-refractivity contribution < 1.29 is 19.6 Å². The molecule has 0 saturated carbocycles. The molecule has 0 aliphatic rings. The highest BCUT2D eigenvalue weighted by atomic mass is 32.2. The third-order valence-corrected chi connectivity index (χ3v) is 6.51. The van der Waals surface area contributed by atoms with Crippen molar-refractivity contribution in [3.63, 3.8) is 0 Å². The number of Topliss-reactive ketones (excluding diaryl/α,β-unsaturated/α-hetero) is 1. The first kappa shape index (κ1) is 23.3. The Morgan fingerprint density at radius 1 is 0.971 bits per heavy atom. The number of ketones is 1. The number of allylic oxidation sites excluding steroid dienone is 1. The number of carbonyl (C=O) groups is 2. The number of carbonyl (C=O) groups excluding carboxylic acids is 1. The molecule has 170 valence electrons. The quantitative estimate of drug-likeness (QED) is 0.116. The van der Waals surface area contributed by atoms with Gasteiger partial charge in [0.2, 0.25) is 0 Å². The standard InChI is InChI=1S/C24H17N3O5S2/c1-33-18-9-4-15(5-10-18)23(28)19(12-14-2-7-17(8-3-14)27(31)32)22(24(29)30)16-6-11-20-21(13-16)26-34-25-20/h2-11,13H,12H2,1H3,(H,29,30)/b22-19+. The van der Waals surface area contributed by atoms with E-state index in [4.69, 9.17) is 0 Å². The number of nitrogens with zero attached hydrogens (tertiary/aromatic N) is 3. The number of carboxylic acid groups (broad SMARTS) is 1. The Hall–Kier alpha value is -3.89. The molecule has 10 heteroatoms. The van der Waals surface area contributed by atoms with Gasteiger partial charge in [-0.25, -0.2) is 4.79 Å². The SMILES string of the molecule is CSc1ccc(C(=O)/C(Cc2ccc([N+](=O)[O-])cc2)=C(/C(=O)O)c2ccc3nsnc3c2)cc1. The topological polar surface area (TPSA) is 123 Å². The fourth-order valence-electron chi connectivity index (χ4n) is 3.50. The monoisotopic (exact) mass is 491 g/mol. The van der Waals surface area contributed by atoms with Crippen LogP contribution in [0, 0.1) is 10.1 Å². The molecule has 0 amide bonds. The zero-order valence-corrected chi connectivity index (χ0v) is 19.4. The normalized spacial score (nSPS) is 11.8. The van der Waals surface area contributed by atoms with Crippen LogP contribution in [0.2, 0.25) is 0 Å². The Kier molecular flexibility index (Phi) is 6.80. The number of fused-ring (bicyclic) bond motifs is 1. The number of aromatic nitrogens is 2. The Bertz CT molecular complexity index is 1430. The van der Waals surface area contributed by atoms with Crippen LogP contribution in [-0.2, 0) is 11.2 Å². The van der Waals surface area contributed by atoms with Gasteiger partial charge in [-0.15, -0.1) is 11.8 Å². The second-order valence-corrected chi connectivity index (χ2v) is 8.69. The summed E-state index contributed by atoms with van der Waals surface area (Å²) in [6.45, 7) is 0. The number of non-ortho nitro benzene ring substituents is 1. The number of rotatable bonds is 8. The van der Waals surface area contributed by atoms with Crippen molar-refractivity contribution in [3.05, 3.63) is 99.1 Å². The minimum Gasteiger partial charge on any atom is -0.478 e. The van der Waals surface area contributed by atoms with E-state index in [1.807, 2.05) is 6.26 Å². The largest absolute Gasteiger partial charge is 0.478 e. The lowest BCUT2D eigenvalue weighted by molar-refractivity contribution is -0.384. The minimum absolute atomic E-state index is 0.0178. The van der Waals surface area contributed by atoms with Crippen molar-refractivity contribution in [2.24, 2.45) is 0 Å². The first-order valence-electron chi connectivity index (χ1n) is 9.98. The van der Waals surface area contributed by atoms with Crippen LogP contribution in [0.4, 0.5) is 5.69 Å². The Morgan fingerprint density at radius 3 is 2.24 bits per heavy atom. The number of nitro benzene ring substituents is 1. The van der Waals surface area contributed by atoms with Gasteiger partial charge < -0.3 is 5.11 Å². The molecule has 1 aromatic heterocycles. The summed E-state index contributed by atoms with van der Waals surface area (Å²) < 4.78 is 8.32. The van der Waals surface area contributed by atoms with Crippen LogP contribution in [0.15, 0.2) is 77.2 Å². The molecule has 0 aliphatic heterocycles. The van der Waals surface area contributed by atoms with E-state index in [-0.39, 0.29) is 23.3 Å². The summed E-state index contributed by atoms with van der Waals surface area (Å²) in [4.78, 5) is 37.5. The second kappa shape index (κ2) is 9.94. The van der Waals surface area contributed by atoms with Crippen LogP contribution in [0.25, 0.3) is 16.6 Å². The predicted molar refractivity (Wildman–Crippen MR) is 131 cm³/mol. The van der Waals surface area contributed by atoms with Gasteiger partial charge in [0.1, 0.15) is 11.0 Å². The number of hydrogen-bond donors (Lipinski definition) is 1. The number of hydrogen-bond acceptors (Lipinski definition) is 8. The van der Waals surface area contributed by atoms with Crippen LogP contribution in [0.3, 0.4) is 0 Å². The lowest BCUT2D eigenvalue weighted by Gasteiger charge is -2.13. The number of carboxylic acids is 1. The maximum atomic E-state index is 13.6. The van der Waals surface area contributed by atoms with Gasteiger partial charge in [0.15, 0.2) is 5.78 Å². The van der Waals surface area contributed by atoms with Crippen LogP contribution in [0.1, 0.15) is 21.5 Å². The van der Waals surface area contributed by atoms with Crippen LogP contribution < -0.4 is 0 Å². The van der Waals surface area contributed by atoms with Gasteiger partial charge in [-0.1, -0.05) is 18.2 Å². The maximum Gasteiger partial charge on any atom is 0.336 e. The predicted octanol–water partition coefficient (Wildman–Crippen LogP) is 5.29. The lowest BCUT2D eigenvalue weighted by Crippen LogP contribution is -2.14. The average molecular weight is 492 g/mol. The highest BCUT2D eigenvalue weighted by Gasteiger charge is 2.24. The molecule has 34 heavy (non-hydrogen) atoms. The molecule has 4 rings (SSSR count). The molecule has 0 unspecified atom stereocenters. The number of thioether (sulfide) groups is 1. The zero-order chi connectivity index (χ0) is 24.2. The van der Waals surface area contributed by atoms with Crippen LogP contribution >= 0.6 is 23.5 Å². The molecular formula is C24H17N3O5S2. The molecule has 8 nitrogen and oxygen atoms in total. The van der Waals surface area contributed by atoms with Crippen LogP contribution in [-0.4, -0.2) is 36.8 Å². The second-order valence-electron chi connectivity index (χ2n) is 7.28. The highest BCUT2D eigenvalue weighted by molar-refractivity contribution is 7.98. The number of benzene rings is 3. The summed E-state index contributed by atoms with van der Waals surface area (Å²) in [5.41, 5.74) is 2.26. The van der Waals surface area contributed by atoms with Crippen molar-refractivity contribution in [2.75, 3.05) is 6.26 Å². The summed E-state index contributed by atoms with van der Waals surface area (Å²) in [5.74, 6) is -1.69. The molecule has 4 aromatic rings. The lowest BCUT2D eigenvalue weighted by atomic mass is 9.89. The van der Waals surface area contributed by atoms with Crippen molar-refractivity contribution >= 4 is 57.5 Å². The van der Waals surface area contributed by atoms with Gasteiger partial charge in [0, 0.05) is 34.6 Å². The number of aliphatic carboxylic acids is 1. The summed E-state index contributed by atoms with van der Waals surface area (Å²) in [6.07, 6.45) is 1.90. The average Bonchev–Trinajstić information content (AvgIpc) is 3.31. The van der Waals surface area contributed by atoms with Crippen LogP contribution in [0.5, 0.6) is 0 Å². The zero-order valence-electron chi connectivity index (χ0n) is 17.8. The first-order chi connectivity index (χ1) is 16.4. The van der Waals surface area contributed by atoms with Crippen molar-refractivity contribution in [1.29, 1.82) is 0 Å². The maximum absolute atomic E-state index is 13.6. The van der Waals surface area contributed by atoms with Gasteiger partial charge in [-0.05, 0) is 53.8 Å². The highest BCUT2D eigenvalue weighted by Crippen LogP contribution is 2.29. The molecular weight excluding hydrogens is 474 g/mol. The Labute approximate surface area is 202 Å². The van der Waals surface area contributed by atoms with Gasteiger partial charge in [-0.2, -0.15) is 8.75 Å². The summed E-state index contributed by atoms with van der Waals surface area (Å²) in [5, 5.41) is 21.2. The third-order valence-electron chi connectivity index (χ3n) is 5.21. The molecule has 0 aliphatic carbocycles. The van der Waals surface area contributed by atoms with E-state index >= 15 is 0 Å². The van der Waals surface area contributed by atoms with Gasteiger partial charge in [0.05, 0.1) is 22.2 Å². The van der Waals surface area contributed by atoms with E-state index in [1.54, 1.807) is 42.5 Å². The Morgan fingerprint density at radius 2 is 1.62 bits per heavy atom. The van der Waals surface area contributed by atoms with Gasteiger partial charge >= 0.3 is 5.97 Å². The Balaban J connectivity index is 1.87. The van der Waals surface area contributed by atoms with E-state index in [1.165, 1.54) is 36.0 Å². The summed E-state index contributed by atoms with van der Waals surface area (Å²) in [6, 6.07) is 17.5. The minimum atomic E-state index is -1.26. The molecule has 0 atom stereocenters. The van der Waals surface area contributed by atoms with Crippen molar-refractivity contribution in [3.8, 4) is 0 Å². The molecule has 0 saturated heterocycles.